The predicted molar refractivity (Wildman–Crippen MR) is 103 cm³/mol. The molecule has 0 aliphatic carbocycles. The third-order valence-electron chi connectivity index (χ3n) is 3.50. The molecule has 1 atom stereocenters. The standard InChI is InChI=1S/C18H21BrIN/c1-3-9-21-18(11-14-6-4-5-13(2)10-14)16-12-15(19)7-8-17(16)20/h4-8,10,12,18,21H,3,9,11H2,1-2H3. The quantitative estimate of drug-likeness (QED) is 0.553. The molecule has 3 heteroatoms. The van der Waals surface area contributed by atoms with Crippen LogP contribution in [0.4, 0.5) is 0 Å². The molecule has 0 radical (unpaired) electrons. The number of halogens is 2. The first kappa shape index (κ1) is 17.0. The van der Waals surface area contributed by atoms with E-state index in [4.69, 9.17) is 0 Å². The normalized spacial score (nSPS) is 12.4. The number of rotatable bonds is 6. The van der Waals surface area contributed by atoms with Crippen LogP contribution in [0.2, 0.25) is 0 Å². The van der Waals surface area contributed by atoms with Gasteiger partial charge in [-0.05, 0) is 78.2 Å². The van der Waals surface area contributed by atoms with E-state index < -0.39 is 0 Å². The maximum absolute atomic E-state index is 3.70. The van der Waals surface area contributed by atoms with Crippen molar-refractivity contribution in [2.45, 2.75) is 32.7 Å². The van der Waals surface area contributed by atoms with Crippen LogP contribution in [-0.4, -0.2) is 6.54 Å². The Morgan fingerprint density at radius 3 is 2.71 bits per heavy atom. The van der Waals surface area contributed by atoms with Crippen LogP contribution in [0.25, 0.3) is 0 Å². The molecule has 2 aromatic carbocycles. The molecule has 0 bridgehead atoms. The second-order valence-corrected chi connectivity index (χ2v) is 7.44. The summed E-state index contributed by atoms with van der Waals surface area (Å²) < 4.78 is 2.46. The van der Waals surface area contributed by atoms with Gasteiger partial charge in [0.2, 0.25) is 0 Å². The van der Waals surface area contributed by atoms with Gasteiger partial charge in [-0.25, -0.2) is 0 Å². The monoisotopic (exact) mass is 457 g/mol. The highest BCUT2D eigenvalue weighted by Crippen LogP contribution is 2.27. The summed E-state index contributed by atoms with van der Waals surface area (Å²) in [5, 5.41) is 3.70. The molecule has 0 heterocycles. The summed E-state index contributed by atoms with van der Waals surface area (Å²) >= 11 is 6.03. The summed E-state index contributed by atoms with van der Waals surface area (Å²) in [6, 6.07) is 15.7. The lowest BCUT2D eigenvalue weighted by atomic mass is 9.98. The van der Waals surface area contributed by atoms with Gasteiger partial charge in [0.15, 0.2) is 0 Å². The largest absolute Gasteiger partial charge is 0.310 e. The zero-order chi connectivity index (χ0) is 15.2. The number of nitrogens with one attached hydrogen (secondary N) is 1. The van der Waals surface area contributed by atoms with Crippen LogP contribution in [-0.2, 0) is 6.42 Å². The first-order valence-electron chi connectivity index (χ1n) is 7.34. The minimum atomic E-state index is 0.358. The van der Waals surface area contributed by atoms with Crippen molar-refractivity contribution in [2.24, 2.45) is 0 Å². The summed E-state index contributed by atoms with van der Waals surface area (Å²) in [4.78, 5) is 0. The highest BCUT2D eigenvalue weighted by atomic mass is 127. The van der Waals surface area contributed by atoms with E-state index in [1.807, 2.05) is 0 Å². The van der Waals surface area contributed by atoms with Crippen LogP contribution in [0.3, 0.4) is 0 Å². The summed E-state index contributed by atoms with van der Waals surface area (Å²) in [5.41, 5.74) is 4.09. The minimum Gasteiger partial charge on any atom is -0.310 e. The lowest BCUT2D eigenvalue weighted by Gasteiger charge is -2.21. The Morgan fingerprint density at radius 1 is 1.19 bits per heavy atom. The van der Waals surface area contributed by atoms with Crippen molar-refractivity contribution >= 4 is 38.5 Å². The van der Waals surface area contributed by atoms with E-state index >= 15 is 0 Å². The maximum Gasteiger partial charge on any atom is 0.0371 e. The Hall–Kier alpha value is -0.390. The smallest absolute Gasteiger partial charge is 0.0371 e. The summed E-state index contributed by atoms with van der Waals surface area (Å²) in [5.74, 6) is 0. The third kappa shape index (κ3) is 5.08. The molecule has 0 saturated heterocycles. The highest BCUT2D eigenvalue weighted by molar-refractivity contribution is 14.1. The van der Waals surface area contributed by atoms with Gasteiger partial charge in [0.1, 0.15) is 0 Å². The van der Waals surface area contributed by atoms with Gasteiger partial charge in [0.25, 0.3) is 0 Å². The molecular formula is C18H21BrIN. The van der Waals surface area contributed by atoms with Crippen LogP contribution in [0, 0.1) is 10.5 Å². The van der Waals surface area contributed by atoms with E-state index in [9.17, 15) is 0 Å². The lowest BCUT2D eigenvalue weighted by molar-refractivity contribution is 0.527. The molecule has 0 amide bonds. The zero-order valence-corrected chi connectivity index (χ0v) is 16.2. The number of aryl methyl sites for hydroxylation is 1. The minimum absolute atomic E-state index is 0.358. The molecule has 2 rings (SSSR count). The van der Waals surface area contributed by atoms with Gasteiger partial charge in [0, 0.05) is 14.1 Å². The Morgan fingerprint density at radius 2 is 2.00 bits per heavy atom. The molecule has 112 valence electrons. The molecule has 0 aliphatic heterocycles. The van der Waals surface area contributed by atoms with Crippen molar-refractivity contribution in [3.8, 4) is 0 Å². The molecule has 0 spiro atoms. The van der Waals surface area contributed by atoms with Crippen LogP contribution in [0.15, 0.2) is 46.9 Å². The maximum atomic E-state index is 3.70. The van der Waals surface area contributed by atoms with Gasteiger partial charge < -0.3 is 5.32 Å². The third-order valence-corrected chi connectivity index (χ3v) is 4.97. The fraction of sp³-hybridized carbons (Fsp3) is 0.333. The second-order valence-electron chi connectivity index (χ2n) is 5.37. The SMILES string of the molecule is CCCNC(Cc1cccc(C)c1)c1cc(Br)ccc1I. The number of benzene rings is 2. The lowest BCUT2D eigenvalue weighted by Crippen LogP contribution is -2.25. The molecule has 0 aromatic heterocycles. The van der Waals surface area contributed by atoms with Crippen LogP contribution in [0.5, 0.6) is 0 Å². The first-order valence-corrected chi connectivity index (χ1v) is 9.21. The van der Waals surface area contributed by atoms with E-state index in [-0.39, 0.29) is 0 Å². The molecule has 1 N–H and O–H groups in total. The van der Waals surface area contributed by atoms with Crippen molar-refractivity contribution in [2.75, 3.05) is 6.54 Å². The van der Waals surface area contributed by atoms with Gasteiger partial charge in [-0.15, -0.1) is 0 Å². The highest BCUT2D eigenvalue weighted by Gasteiger charge is 2.15. The van der Waals surface area contributed by atoms with Gasteiger partial charge in [-0.2, -0.15) is 0 Å². The number of hydrogen-bond acceptors (Lipinski definition) is 1. The van der Waals surface area contributed by atoms with Crippen LogP contribution in [0.1, 0.15) is 36.1 Å². The van der Waals surface area contributed by atoms with Gasteiger partial charge in [0.05, 0.1) is 0 Å². The number of hydrogen-bond donors (Lipinski definition) is 1. The molecular weight excluding hydrogens is 437 g/mol. The fourth-order valence-electron chi connectivity index (χ4n) is 2.47. The van der Waals surface area contributed by atoms with E-state index in [1.54, 1.807) is 0 Å². The fourth-order valence-corrected chi connectivity index (χ4v) is 3.56. The summed E-state index contributed by atoms with van der Waals surface area (Å²) in [6.07, 6.45) is 2.17. The molecule has 0 aliphatic rings. The average Bonchev–Trinajstić information content (AvgIpc) is 2.46. The molecule has 1 unspecified atom stereocenters. The Kier molecular flexibility index (Phi) is 6.71. The van der Waals surface area contributed by atoms with Gasteiger partial charge in [-0.1, -0.05) is 52.7 Å². The average molecular weight is 458 g/mol. The molecule has 0 saturated carbocycles. The van der Waals surface area contributed by atoms with E-state index in [0.717, 1.165) is 23.9 Å². The van der Waals surface area contributed by atoms with Gasteiger partial charge >= 0.3 is 0 Å². The Labute approximate surface area is 149 Å². The Balaban J connectivity index is 2.27. The van der Waals surface area contributed by atoms with E-state index in [0.29, 0.717) is 6.04 Å². The topological polar surface area (TPSA) is 12.0 Å². The van der Waals surface area contributed by atoms with Crippen molar-refractivity contribution < 1.29 is 0 Å². The van der Waals surface area contributed by atoms with Crippen molar-refractivity contribution in [3.05, 3.63) is 67.2 Å². The van der Waals surface area contributed by atoms with Crippen molar-refractivity contribution in [3.63, 3.8) is 0 Å². The second kappa shape index (κ2) is 8.30. The van der Waals surface area contributed by atoms with Crippen LogP contribution >= 0.6 is 38.5 Å². The van der Waals surface area contributed by atoms with Crippen LogP contribution < -0.4 is 5.32 Å². The molecule has 1 nitrogen and oxygen atoms in total. The van der Waals surface area contributed by atoms with E-state index in [2.05, 4.69) is 100 Å². The first-order chi connectivity index (χ1) is 10.1. The van der Waals surface area contributed by atoms with Crippen molar-refractivity contribution in [1.29, 1.82) is 0 Å². The van der Waals surface area contributed by atoms with Crippen molar-refractivity contribution in [1.82, 2.24) is 5.32 Å². The van der Waals surface area contributed by atoms with Gasteiger partial charge in [-0.3, -0.25) is 0 Å². The van der Waals surface area contributed by atoms with E-state index in [1.165, 1.54) is 20.3 Å². The summed E-state index contributed by atoms with van der Waals surface area (Å²) in [6.45, 7) is 5.41. The predicted octanol–water partition coefficient (Wildman–Crippen LogP) is 5.65. The summed E-state index contributed by atoms with van der Waals surface area (Å²) in [7, 11) is 0. The zero-order valence-electron chi connectivity index (χ0n) is 12.5. The Bertz CT molecular complexity index is 598. The molecule has 2 aromatic rings. The molecule has 21 heavy (non-hydrogen) atoms. The molecule has 0 fully saturated rings.